The first-order valence-electron chi connectivity index (χ1n) is 16.0. The molecular weight excluding hydrogens is 572 g/mol. The van der Waals surface area contributed by atoms with E-state index in [-0.39, 0.29) is 0 Å². The number of hydrogen-bond acceptors (Lipinski definition) is 2. The molecule has 2 heterocycles. The Morgan fingerprint density at radius 1 is 0.362 bits per heavy atom. The first-order valence-corrected chi connectivity index (χ1v) is 16.0. The summed E-state index contributed by atoms with van der Waals surface area (Å²) in [7, 11) is 0. The van der Waals surface area contributed by atoms with Gasteiger partial charge in [0.1, 0.15) is 11.2 Å². The summed E-state index contributed by atoms with van der Waals surface area (Å²) in [6.07, 6.45) is 0. The van der Waals surface area contributed by atoms with Gasteiger partial charge in [-0.1, -0.05) is 97.1 Å². The molecule has 8 aromatic carbocycles. The van der Waals surface area contributed by atoms with Crippen LogP contribution in [0.15, 0.2) is 174 Å². The van der Waals surface area contributed by atoms with E-state index in [1.165, 1.54) is 43.4 Å². The maximum Gasteiger partial charge on any atom is 0.136 e. The predicted octanol–water partition coefficient (Wildman–Crippen LogP) is 12.5. The molecule has 0 fully saturated rings. The van der Waals surface area contributed by atoms with Crippen LogP contribution in [0, 0.1) is 0 Å². The molecule has 0 unspecified atom stereocenters. The fourth-order valence-electron chi connectivity index (χ4n) is 7.38. The zero-order valence-electron chi connectivity index (χ0n) is 25.5. The first kappa shape index (κ1) is 26.0. The van der Waals surface area contributed by atoms with E-state index in [4.69, 9.17) is 4.42 Å². The Hall–Kier alpha value is -6.32. The number of aromatic nitrogens is 1. The average Bonchev–Trinajstić information content (AvgIpc) is 3.66. The van der Waals surface area contributed by atoms with Crippen molar-refractivity contribution in [2.75, 3.05) is 4.90 Å². The first-order chi connectivity index (χ1) is 23.3. The number of hydrogen-bond donors (Lipinski definition) is 0. The van der Waals surface area contributed by atoms with Crippen molar-refractivity contribution in [2.24, 2.45) is 0 Å². The molecule has 0 aliphatic carbocycles. The third-order valence-corrected chi connectivity index (χ3v) is 9.52. The van der Waals surface area contributed by atoms with Crippen molar-refractivity contribution >= 4 is 82.4 Å². The van der Waals surface area contributed by atoms with Gasteiger partial charge in [-0.3, -0.25) is 0 Å². The Morgan fingerprint density at radius 3 is 1.87 bits per heavy atom. The molecule has 3 nitrogen and oxygen atoms in total. The molecule has 0 bridgehead atoms. The molecule has 0 aliphatic heterocycles. The molecule has 0 radical (unpaired) electrons. The summed E-state index contributed by atoms with van der Waals surface area (Å²) in [5, 5.41) is 9.59. The minimum absolute atomic E-state index is 0.918. The van der Waals surface area contributed by atoms with Crippen LogP contribution >= 0.6 is 0 Å². The topological polar surface area (TPSA) is 21.3 Å². The second-order valence-corrected chi connectivity index (χ2v) is 12.2. The molecule has 0 spiro atoms. The van der Waals surface area contributed by atoms with Crippen LogP contribution in [0.1, 0.15) is 0 Å². The monoisotopic (exact) mass is 600 g/mol. The van der Waals surface area contributed by atoms with Crippen molar-refractivity contribution in [1.29, 1.82) is 0 Å². The van der Waals surface area contributed by atoms with E-state index in [1.807, 2.05) is 12.1 Å². The Kier molecular flexibility index (Phi) is 5.57. The molecule has 0 atom stereocenters. The van der Waals surface area contributed by atoms with Gasteiger partial charge in [0.25, 0.3) is 0 Å². The van der Waals surface area contributed by atoms with Gasteiger partial charge in [-0.2, -0.15) is 0 Å². The molecule has 47 heavy (non-hydrogen) atoms. The highest BCUT2D eigenvalue weighted by molar-refractivity contribution is 6.17. The van der Waals surface area contributed by atoms with Gasteiger partial charge in [-0.05, 0) is 94.3 Å². The van der Waals surface area contributed by atoms with Crippen LogP contribution < -0.4 is 4.90 Å². The lowest BCUT2D eigenvalue weighted by Crippen LogP contribution is -2.10. The second kappa shape index (κ2) is 10.1. The number of fused-ring (bicyclic) bond motifs is 9. The van der Waals surface area contributed by atoms with Gasteiger partial charge in [0.15, 0.2) is 0 Å². The van der Waals surface area contributed by atoms with E-state index in [0.29, 0.717) is 0 Å². The Morgan fingerprint density at radius 2 is 1.00 bits per heavy atom. The fraction of sp³-hybridized carbons (Fsp3) is 0. The van der Waals surface area contributed by atoms with E-state index in [2.05, 4.69) is 167 Å². The predicted molar refractivity (Wildman–Crippen MR) is 198 cm³/mol. The lowest BCUT2D eigenvalue weighted by atomic mass is 9.99. The van der Waals surface area contributed by atoms with Crippen LogP contribution in [0.3, 0.4) is 0 Å². The van der Waals surface area contributed by atoms with Crippen molar-refractivity contribution in [2.45, 2.75) is 0 Å². The lowest BCUT2D eigenvalue weighted by molar-refractivity contribution is 0.669. The maximum atomic E-state index is 6.24. The Bertz CT molecular complexity index is 2790. The van der Waals surface area contributed by atoms with Gasteiger partial charge in [-0.25, -0.2) is 0 Å². The van der Waals surface area contributed by atoms with Gasteiger partial charge in [-0.15, -0.1) is 0 Å². The van der Waals surface area contributed by atoms with E-state index in [1.54, 1.807) is 0 Å². The molecule has 3 heteroatoms. The standard InChI is InChI=1S/C44H28N2O/c1-3-11-31(12-4-1)45(34-23-24-36-35-15-7-9-17-41(35)46(42(36)27-34)32-13-5-2-6-14-32)33-22-21-29-19-20-30-25-44-40(28-39(30)38(29)26-33)37-16-8-10-18-43(37)47-44/h1-28H. The van der Waals surface area contributed by atoms with Gasteiger partial charge in [0.2, 0.25) is 0 Å². The molecule has 0 saturated carbocycles. The van der Waals surface area contributed by atoms with Crippen molar-refractivity contribution in [3.05, 3.63) is 170 Å². The molecular formula is C44H28N2O. The van der Waals surface area contributed by atoms with Gasteiger partial charge in [0, 0.05) is 44.3 Å². The smallest absolute Gasteiger partial charge is 0.136 e. The highest BCUT2D eigenvalue weighted by Gasteiger charge is 2.18. The number of rotatable bonds is 4. The zero-order chi connectivity index (χ0) is 30.9. The van der Waals surface area contributed by atoms with Crippen LogP contribution in [0.2, 0.25) is 0 Å². The van der Waals surface area contributed by atoms with Crippen molar-refractivity contribution in [3.63, 3.8) is 0 Å². The molecule has 10 rings (SSSR count). The molecule has 0 aliphatic rings. The van der Waals surface area contributed by atoms with Crippen LogP contribution in [0.25, 0.3) is 71.0 Å². The number of benzene rings is 8. The Balaban J connectivity index is 1.23. The van der Waals surface area contributed by atoms with Crippen LogP contribution in [-0.2, 0) is 0 Å². The summed E-state index contributed by atoms with van der Waals surface area (Å²) in [5.74, 6) is 0. The molecule has 2 aromatic heterocycles. The fourth-order valence-corrected chi connectivity index (χ4v) is 7.38. The summed E-state index contributed by atoms with van der Waals surface area (Å²) < 4.78 is 8.62. The SMILES string of the molecule is c1ccc(N(c2ccc3ccc4cc5oc6ccccc6c5cc4c3c2)c2ccc3c4ccccc4n(-c4ccccc4)c3c2)cc1. The quantitative estimate of drug-likeness (QED) is 0.187. The number of para-hydroxylation sites is 4. The van der Waals surface area contributed by atoms with Crippen molar-refractivity contribution in [3.8, 4) is 5.69 Å². The third-order valence-electron chi connectivity index (χ3n) is 9.52. The minimum Gasteiger partial charge on any atom is -0.456 e. The van der Waals surface area contributed by atoms with Crippen LogP contribution in [-0.4, -0.2) is 4.57 Å². The van der Waals surface area contributed by atoms with Gasteiger partial charge in [0.05, 0.1) is 11.0 Å². The van der Waals surface area contributed by atoms with Crippen molar-refractivity contribution < 1.29 is 4.42 Å². The number of anilines is 3. The molecule has 10 aromatic rings. The third kappa shape index (κ3) is 4.00. The second-order valence-electron chi connectivity index (χ2n) is 12.2. The minimum atomic E-state index is 0.918. The molecule has 220 valence electrons. The van der Waals surface area contributed by atoms with Gasteiger partial charge >= 0.3 is 0 Å². The van der Waals surface area contributed by atoms with E-state index >= 15 is 0 Å². The normalized spacial score (nSPS) is 11.8. The van der Waals surface area contributed by atoms with Gasteiger partial charge < -0.3 is 13.9 Å². The zero-order valence-corrected chi connectivity index (χ0v) is 25.5. The van der Waals surface area contributed by atoms with E-state index in [9.17, 15) is 0 Å². The van der Waals surface area contributed by atoms with Crippen molar-refractivity contribution in [1.82, 2.24) is 4.57 Å². The molecule has 0 amide bonds. The Labute approximate surface area is 271 Å². The maximum absolute atomic E-state index is 6.24. The van der Waals surface area contributed by atoms with Crippen LogP contribution in [0.5, 0.6) is 0 Å². The number of furan rings is 1. The van der Waals surface area contributed by atoms with E-state index in [0.717, 1.165) is 44.7 Å². The summed E-state index contributed by atoms with van der Waals surface area (Å²) in [4.78, 5) is 2.37. The highest BCUT2D eigenvalue weighted by Crippen LogP contribution is 2.42. The summed E-state index contributed by atoms with van der Waals surface area (Å²) in [6.45, 7) is 0. The summed E-state index contributed by atoms with van der Waals surface area (Å²) in [5.41, 5.74) is 8.68. The highest BCUT2D eigenvalue weighted by atomic mass is 16.3. The lowest BCUT2D eigenvalue weighted by Gasteiger charge is -2.26. The van der Waals surface area contributed by atoms with Crippen LogP contribution in [0.4, 0.5) is 17.1 Å². The largest absolute Gasteiger partial charge is 0.456 e. The average molecular weight is 601 g/mol. The number of nitrogens with zero attached hydrogens (tertiary/aromatic N) is 2. The summed E-state index contributed by atoms with van der Waals surface area (Å²) in [6, 6.07) is 60.9. The van der Waals surface area contributed by atoms with E-state index < -0.39 is 0 Å². The molecule has 0 N–H and O–H groups in total. The summed E-state index contributed by atoms with van der Waals surface area (Å²) >= 11 is 0. The molecule has 0 saturated heterocycles.